The summed E-state index contributed by atoms with van der Waals surface area (Å²) in [6.45, 7) is 0. The molecule has 2 aliphatic carbocycles. The molecule has 0 radical (unpaired) electrons. The fraction of sp³-hybridized carbons (Fsp3) is 0.667. The van der Waals surface area contributed by atoms with Crippen LogP contribution in [0.15, 0.2) is 35.2 Å². The summed E-state index contributed by atoms with van der Waals surface area (Å²) in [4.78, 5) is -0.185. The SMILES string of the molecule is C1CC[CH]([Al+][CH]2CCCCC2)CC1.O=S(=O)([O-])c1ccccc1. The first-order chi connectivity index (χ1) is 11.1. The Balaban J connectivity index is 0.000000174. The molecule has 23 heavy (non-hydrogen) atoms. The van der Waals surface area contributed by atoms with Crippen molar-refractivity contribution in [2.75, 3.05) is 0 Å². The Kier molecular flexibility index (Phi) is 8.12. The average Bonchev–Trinajstić information content (AvgIpc) is 2.57. The van der Waals surface area contributed by atoms with Crippen LogP contribution in [0.2, 0.25) is 9.56 Å². The van der Waals surface area contributed by atoms with Gasteiger partial charge in [-0.2, -0.15) is 0 Å². The summed E-state index contributed by atoms with van der Waals surface area (Å²) in [7, 11) is -4.25. The summed E-state index contributed by atoms with van der Waals surface area (Å²) in [6.07, 6.45) is 15.6. The van der Waals surface area contributed by atoms with Crippen LogP contribution in [0.4, 0.5) is 0 Å². The van der Waals surface area contributed by atoms with Crippen molar-refractivity contribution in [2.45, 2.75) is 78.7 Å². The summed E-state index contributed by atoms with van der Waals surface area (Å²) in [6, 6.07) is 7.19. The Labute approximate surface area is 147 Å². The van der Waals surface area contributed by atoms with E-state index in [0.717, 1.165) is 15.2 Å². The predicted molar refractivity (Wildman–Crippen MR) is 93.8 cm³/mol. The van der Waals surface area contributed by atoms with E-state index >= 15 is 0 Å². The Hall–Kier alpha value is -0.338. The largest absolute Gasteiger partial charge is 0.744 e. The molecule has 0 saturated heterocycles. The van der Waals surface area contributed by atoms with E-state index in [4.69, 9.17) is 0 Å². The van der Waals surface area contributed by atoms with E-state index in [0.29, 0.717) is 0 Å². The monoisotopic (exact) mass is 350 g/mol. The summed E-state index contributed by atoms with van der Waals surface area (Å²) in [5, 5.41) is 0. The third-order valence-corrected chi connectivity index (χ3v) is 8.15. The minimum atomic E-state index is -4.25. The van der Waals surface area contributed by atoms with Crippen molar-refractivity contribution >= 4 is 25.3 Å². The van der Waals surface area contributed by atoms with Crippen molar-refractivity contribution in [3.8, 4) is 0 Å². The Morgan fingerprint density at radius 1 is 0.783 bits per heavy atom. The predicted octanol–water partition coefficient (Wildman–Crippen LogP) is 4.79. The van der Waals surface area contributed by atoms with Gasteiger partial charge in [0.05, 0.1) is 4.90 Å². The van der Waals surface area contributed by atoms with Crippen molar-refractivity contribution in [2.24, 2.45) is 0 Å². The van der Waals surface area contributed by atoms with Gasteiger partial charge in [-0.25, -0.2) is 8.42 Å². The van der Waals surface area contributed by atoms with Crippen molar-refractivity contribution < 1.29 is 13.0 Å². The second kappa shape index (κ2) is 9.84. The van der Waals surface area contributed by atoms with Gasteiger partial charge in [0.15, 0.2) is 0 Å². The van der Waals surface area contributed by atoms with Gasteiger partial charge in [-0.1, -0.05) is 18.2 Å². The van der Waals surface area contributed by atoms with Crippen molar-refractivity contribution in [3.63, 3.8) is 0 Å². The molecule has 0 spiro atoms. The molecule has 5 heteroatoms. The zero-order valence-electron chi connectivity index (χ0n) is 13.8. The van der Waals surface area contributed by atoms with Gasteiger partial charge in [-0.05, 0) is 12.1 Å². The molecule has 0 aromatic heterocycles. The molecule has 1 aromatic rings. The van der Waals surface area contributed by atoms with E-state index < -0.39 is 10.1 Å². The van der Waals surface area contributed by atoms with E-state index in [1.807, 2.05) is 0 Å². The molecule has 0 amide bonds. The summed E-state index contributed by atoms with van der Waals surface area (Å²) in [5.74, 6) is 0. The van der Waals surface area contributed by atoms with E-state index in [-0.39, 0.29) is 4.90 Å². The van der Waals surface area contributed by atoms with Crippen molar-refractivity contribution in [1.29, 1.82) is 0 Å². The average molecular weight is 350 g/mol. The van der Waals surface area contributed by atoms with Gasteiger partial charge in [-0.15, -0.1) is 0 Å². The zero-order valence-corrected chi connectivity index (χ0v) is 15.8. The van der Waals surface area contributed by atoms with E-state index in [9.17, 15) is 13.0 Å². The molecule has 2 fully saturated rings. The fourth-order valence-electron chi connectivity index (χ4n) is 3.63. The smallest absolute Gasteiger partial charge is 0.124 e. The van der Waals surface area contributed by atoms with E-state index in [1.54, 1.807) is 57.4 Å². The number of hydrogen-bond acceptors (Lipinski definition) is 3. The van der Waals surface area contributed by atoms with Gasteiger partial charge in [-0.3, -0.25) is 0 Å². The summed E-state index contributed by atoms with van der Waals surface area (Å²) >= 11 is 0.825. The van der Waals surface area contributed by atoms with Gasteiger partial charge in [0.2, 0.25) is 0 Å². The maximum atomic E-state index is 10.3. The van der Waals surface area contributed by atoms with Crippen molar-refractivity contribution in [1.82, 2.24) is 0 Å². The molecular formula is C18H27AlO3S. The molecule has 1 aromatic carbocycles. The number of benzene rings is 1. The maximum absolute atomic E-state index is 10.3. The fourth-order valence-corrected chi connectivity index (χ4v) is 6.60. The molecule has 0 heterocycles. The molecule has 0 aliphatic heterocycles. The van der Waals surface area contributed by atoms with Gasteiger partial charge >= 0.3 is 89.0 Å². The van der Waals surface area contributed by atoms with Crippen LogP contribution < -0.4 is 0 Å². The van der Waals surface area contributed by atoms with Gasteiger partial charge < -0.3 is 4.55 Å². The summed E-state index contributed by atoms with van der Waals surface area (Å²) < 4.78 is 33.2. The topological polar surface area (TPSA) is 57.2 Å². The van der Waals surface area contributed by atoms with E-state index in [2.05, 4.69) is 0 Å². The standard InChI is InChI=1S/C6H6O3S.2C6H11.Al/c7-10(8,9)6-4-2-1-3-5-6;2*1-2-4-6-5-3-1;/h1-5H,(H,7,8,9);2*1H,2-6H2;/q;;;+1/p-1. The van der Waals surface area contributed by atoms with Crippen molar-refractivity contribution in [3.05, 3.63) is 30.3 Å². The molecule has 126 valence electrons. The molecule has 0 atom stereocenters. The van der Waals surface area contributed by atoms with Gasteiger partial charge in [0, 0.05) is 0 Å². The van der Waals surface area contributed by atoms with Crippen LogP contribution in [0.25, 0.3) is 0 Å². The molecule has 0 N–H and O–H groups in total. The van der Waals surface area contributed by atoms with E-state index in [1.165, 1.54) is 46.7 Å². The minimum absolute atomic E-state index is 0.185. The third kappa shape index (κ3) is 7.39. The summed E-state index contributed by atoms with van der Waals surface area (Å²) in [5.41, 5.74) is 0. The molecule has 3 nitrogen and oxygen atoms in total. The Morgan fingerprint density at radius 2 is 1.22 bits per heavy atom. The first kappa shape index (κ1) is 19.0. The zero-order chi connectivity index (χ0) is 16.5. The molecule has 3 rings (SSSR count). The van der Waals surface area contributed by atoms with Crippen LogP contribution in [-0.2, 0) is 10.1 Å². The molecule has 0 unspecified atom stereocenters. The second-order valence-electron chi connectivity index (χ2n) is 6.76. The second-order valence-corrected chi connectivity index (χ2v) is 10.4. The van der Waals surface area contributed by atoms with Crippen LogP contribution in [0.5, 0.6) is 0 Å². The van der Waals surface area contributed by atoms with Crippen LogP contribution in [0, 0.1) is 0 Å². The van der Waals surface area contributed by atoms with Crippen LogP contribution in [0.3, 0.4) is 0 Å². The third-order valence-electron chi connectivity index (χ3n) is 4.88. The molecule has 0 bridgehead atoms. The van der Waals surface area contributed by atoms with Crippen LogP contribution >= 0.6 is 0 Å². The first-order valence-corrected chi connectivity index (χ1v) is 11.7. The number of hydrogen-bond donors (Lipinski definition) is 0. The van der Waals surface area contributed by atoms with Crippen LogP contribution in [-0.4, -0.2) is 28.2 Å². The quantitative estimate of drug-likeness (QED) is 0.582. The molecule has 2 saturated carbocycles. The minimum Gasteiger partial charge on any atom is -0.744 e. The van der Waals surface area contributed by atoms with Gasteiger partial charge in [0.1, 0.15) is 10.1 Å². The maximum Gasteiger partial charge on any atom is 0.124 e. The normalized spacial score (nSPS) is 20.2. The number of rotatable bonds is 3. The first-order valence-electron chi connectivity index (χ1n) is 8.91. The van der Waals surface area contributed by atoms with Crippen LogP contribution in [0.1, 0.15) is 64.2 Å². The Morgan fingerprint density at radius 3 is 1.57 bits per heavy atom. The molecular weight excluding hydrogens is 323 g/mol. The Bertz CT molecular complexity index is 517. The van der Waals surface area contributed by atoms with Gasteiger partial charge in [0.25, 0.3) is 0 Å². The molecule has 2 aliphatic rings.